The summed E-state index contributed by atoms with van der Waals surface area (Å²) in [6, 6.07) is 1.69. The largest absolute Gasteiger partial charge is 0.384 e. The van der Waals surface area contributed by atoms with Crippen molar-refractivity contribution >= 4 is 11.8 Å². The van der Waals surface area contributed by atoms with Gasteiger partial charge in [-0.2, -0.15) is 4.98 Å². The molecular weight excluding hydrogens is 256 g/mol. The summed E-state index contributed by atoms with van der Waals surface area (Å²) in [4.78, 5) is 10.7. The van der Waals surface area contributed by atoms with E-state index in [-0.39, 0.29) is 12.0 Å². The van der Waals surface area contributed by atoms with Crippen LogP contribution in [0.2, 0.25) is 0 Å². The topological polar surface area (TPSA) is 73.5 Å². The highest BCUT2D eigenvalue weighted by atomic mass is 16.5. The van der Waals surface area contributed by atoms with E-state index in [1.165, 1.54) is 0 Å². The predicted molar refractivity (Wildman–Crippen MR) is 78.6 cm³/mol. The second kappa shape index (κ2) is 7.21. The van der Waals surface area contributed by atoms with Gasteiger partial charge in [-0.3, -0.25) is 0 Å². The fraction of sp³-hybridized carbons (Fsp3) is 0.571. The molecule has 2 heterocycles. The highest BCUT2D eigenvalue weighted by Crippen LogP contribution is 2.24. The summed E-state index contributed by atoms with van der Waals surface area (Å²) in [5.41, 5.74) is 5.70. The molecule has 2 N–H and O–H groups in total. The maximum atomic E-state index is 5.85. The summed E-state index contributed by atoms with van der Waals surface area (Å²) in [6.07, 6.45) is 4.72. The quantitative estimate of drug-likeness (QED) is 0.620. The van der Waals surface area contributed by atoms with E-state index in [0.717, 1.165) is 19.5 Å². The van der Waals surface area contributed by atoms with Crippen LogP contribution in [-0.2, 0) is 9.47 Å². The third kappa shape index (κ3) is 3.68. The van der Waals surface area contributed by atoms with E-state index in [1.807, 2.05) is 6.08 Å². The van der Waals surface area contributed by atoms with Crippen molar-refractivity contribution in [2.45, 2.75) is 12.5 Å². The van der Waals surface area contributed by atoms with Crippen molar-refractivity contribution in [2.75, 3.05) is 44.0 Å². The molecule has 20 heavy (non-hydrogen) atoms. The molecule has 2 rings (SSSR count). The smallest absolute Gasteiger partial charge is 0.227 e. The van der Waals surface area contributed by atoms with Gasteiger partial charge in [0, 0.05) is 32.3 Å². The van der Waals surface area contributed by atoms with E-state index < -0.39 is 0 Å². The van der Waals surface area contributed by atoms with Crippen LogP contribution in [0.5, 0.6) is 0 Å². The predicted octanol–water partition coefficient (Wildman–Crippen LogP) is 1.10. The van der Waals surface area contributed by atoms with E-state index >= 15 is 0 Å². The van der Waals surface area contributed by atoms with Crippen LogP contribution in [-0.4, -0.2) is 49.5 Å². The number of nitrogens with zero attached hydrogens (tertiary/aromatic N) is 3. The molecule has 1 aromatic heterocycles. The number of aromatic nitrogens is 2. The Balaban J connectivity index is 1.96. The van der Waals surface area contributed by atoms with Crippen LogP contribution in [0.15, 0.2) is 24.9 Å². The van der Waals surface area contributed by atoms with E-state index in [9.17, 15) is 0 Å². The second-order valence-corrected chi connectivity index (χ2v) is 4.82. The van der Waals surface area contributed by atoms with E-state index in [1.54, 1.807) is 19.4 Å². The van der Waals surface area contributed by atoms with Crippen LogP contribution in [0.4, 0.5) is 11.8 Å². The Hall–Kier alpha value is -1.66. The number of methoxy groups -OCH3 is 1. The van der Waals surface area contributed by atoms with Crippen molar-refractivity contribution in [3.05, 3.63) is 24.9 Å². The first-order valence-electron chi connectivity index (χ1n) is 6.81. The van der Waals surface area contributed by atoms with Gasteiger partial charge in [0.2, 0.25) is 5.95 Å². The molecule has 0 bridgehead atoms. The van der Waals surface area contributed by atoms with Crippen molar-refractivity contribution in [3.8, 4) is 0 Å². The van der Waals surface area contributed by atoms with Crippen molar-refractivity contribution in [1.29, 1.82) is 0 Å². The van der Waals surface area contributed by atoms with Crippen LogP contribution >= 0.6 is 0 Å². The highest BCUT2D eigenvalue weighted by molar-refractivity contribution is 5.38. The van der Waals surface area contributed by atoms with Crippen LogP contribution in [0.3, 0.4) is 0 Å². The van der Waals surface area contributed by atoms with Crippen molar-refractivity contribution < 1.29 is 9.47 Å². The molecule has 6 nitrogen and oxygen atoms in total. The third-order valence-corrected chi connectivity index (χ3v) is 3.46. The van der Waals surface area contributed by atoms with Gasteiger partial charge in [-0.05, 0) is 12.5 Å². The SMILES string of the molecule is C=C[C@H]1CN(c2nccc(N)n2)CC[C@H]1OCCOC. The summed E-state index contributed by atoms with van der Waals surface area (Å²) in [7, 11) is 1.67. The number of hydrogen-bond acceptors (Lipinski definition) is 6. The van der Waals surface area contributed by atoms with Gasteiger partial charge < -0.3 is 20.1 Å². The maximum Gasteiger partial charge on any atom is 0.227 e. The van der Waals surface area contributed by atoms with E-state index in [2.05, 4.69) is 21.4 Å². The lowest BCUT2D eigenvalue weighted by Gasteiger charge is -2.37. The molecule has 0 spiro atoms. The zero-order valence-corrected chi connectivity index (χ0v) is 11.9. The minimum absolute atomic E-state index is 0.181. The molecule has 0 aliphatic carbocycles. The van der Waals surface area contributed by atoms with E-state index in [0.29, 0.717) is 25.0 Å². The Morgan fingerprint density at radius 2 is 2.40 bits per heavy atom. The third-order valence-electron chi connectivity index (χ3n) is 3.46. The summed E-state index contributed by atoms with van der Waals surface area (Å²) >= 11 is 0. The van der Waals surface area contributed by atoms with E-state index in [4.69, 9.17) is 15.2 Å². The van der Waals surface area contributed by atoms with Crippen LogP contribution in [0.25, 0.3) is 0 Å². The summed E-state index contributed by atoms with van der Waals surface area (Å²) in [6.45, 7) is 6.78. The molecule has 110 valence electrons. The molecule has 0 aromatic carbocycles. The molecule has 1 saturated heterocycles. The molecule has 0 amide bonds. The summed E-state index contributed by atoms with van der Waals surface area (Å²) in [5, 5.41) is 0. The molecule has 1 aromatic rings. The average molecular weight is 278 g/mol. The molecule has 0 saturated carbocycles. The number of ether oxygens (including phenoxy) is 2. The molecule has 0 radical (unpaired) electrons. The Labute approximate surface area is 119 Å². The van der Waals surface area contributed by atoms with Gasteiger partial charge in [-0.25, -0.2) is 4.98 Å². The normalized spacial score (nSPS) is 22.8. The van der Waals surface area contributed by atoms with Gasteiger partial charge in [-0.1, -0.05) is 6.08 Å². The summed E-state index contributed by atoms with van der Waals surface area (Å²) < 4.78 is 10.9. The molecule has 2 atom stereocenters. The lowest BCUT2D eigenvalue weighted by atomic mass is 9.95. The number of hydrogen-bond donors (Lipinski definition) is 1. The fourth-order valence-corrected chi connectivity index (χ4v) is 2.37. The van der Waals surface area contributed by atoms with Crippen LogP contribution in [0.1, 0.15) is 6.42 Å². The number of anilines is 2. The monoisotopic (exact) mass is 278 g/mol. The molecule has 6 heteroatoms. The van der Waals surface area contributed by atoms with Gasteiger partial charge >= 0.3 is 0 Å². The Bertz CT molecular complexity index is 441. The first kappa shape index (κ1) is 14.7. The van der Waals surface area contributed by atoms with Gasteiger partial charge in [0.15, 0.2) is 0 Å². The van der Waals surface area contributed by atoms with Gasteiger partial charge in [0.1, 0.15) is 5.82 Å². The minimum Gasteiger partial charge on any atom is -0.384 e. The minimum atomic E-state index is 0.181. The number of piperidine rings is 1. The number of nitrogens with two attached hydrogens (primary N) is 1. The molecule has 0 unspecified atom stereocenters. The molecule has 1 aliphatic rings. The van der Waals surface area contributed by atoms with Crippen molar-refractivity contribution in [1.82, 2.24) is 9.97 Å². The van der Waals surface area contributed by atoms with Gasteiger partial charge in [-0.15, -0.1) is 6.58 Å². The fourth-order valence-electron chi connectivity index (χ4n) is 2.37. The zero-order chi connectivity index (χ0) is 14.4. The lowest BCUT2D eigenvalue weighted by molar-refractivity contribution is -0.0114. The first-order valence-corrected chi connectivity index (χ1v) is 6.81. The zero-order valence-electron chi connectivity index (χ0n) is 11.9. The Kier molecular flexibility index (Phi) is 5.31. The molecular formula is C14H22N4O2. The van der Waals surface area contributed by atoms with Crippen LogP contribution < -0.4 is 10.6 Å². The number of nitrogen functional groups attached to an aromatic ring is 1. The first-order chi connectivity index (χ1) is 9.74. The average Bonchev–Trinajstić information content (AvgIpc) is 2.47. The molecule has 1 fully saturated rings. The van der Waals surface area contributed by atoms with Crippen molar-refractivity contribution in [2.24, 2.45) is 5.92 Å². The standard InChI is InChI=1S/C14H22N4O2/c1-3-11-10-18(14-16-6-4-13(15)17-14)7-5-12(11)20-9-8-19-2/h3-4,6,11-12H,1,5,7-10H2,2H3,(H2,15,16,17)/t11-,12+/m0/s1. The second-order valence-electron chi connectivity index (χ2n) is 4.82. The van der Waals surface area contributed by atoms with Crippen LogP contribution in [0, 0.1) is 5.92 Å². The Morgan fingerprint density at radius 1 is 1.55 bits per heavy atom. The summed E-state index contributed by atoms with van der Waals surface area (Å²) in [5.74, 6) is 1.42. The van der Waals surface area contributed by atoms with Gasteiger partial charge in [0.05, 0.1) is 19.3 Å². The highest BCUT2D eigenvalue weighted by Gasteiger charge is 2.29. The lowest BCUT2D eigenvalue weighted by Crippen LogP contribution is -2.44. The maximum absolute atomic E-state index is 5.85. The Morgan fingerprint density at radius 3 is 3.10 bits per heavy atom. The number of rotatable bonds is 6. The molecule has 1 aliphatic heterocycles. The van der Waals surface area contributed by atoms with Gasteiger partial charge in [0.25, 0.3) is 0 Å². The van der Waals surface area contributed by atoms with Crippen molar-refractivity contribution in [3.63, 3.8) is 0 Å².